The molecule has 0 fully saturated rings. The van der Waals surface area contributed by atoms with Crippen LogP contribution in [0.2, 0.25) is 0 Å². The molecule has 0 unspecified atom stereocenters. The van der Waals surface area contributed by atoms with Crippen molar-refractivity contribution in [1.82, 2.24) is 14.8 Å². The number of aryl methyl sites for hydroxylation is 2. The standard InChI is InChI=1S/C14H14N4/c1-9-4-3-5-12-13(9)14(17-18(12)2)10-6-11(15)8-16-7-10/h3-8H,15H2,1-2H3. The second kappa shape index (κ2) is 3.84. The van der Waals surface area contributed by atoms with E-state index in [-0.39, 0.29) is 0 Å². The maximum atomic E-state index is 5.79. The zero-order chi connectivity index (χ0) is 12.7. The fraction of sp³-hybridized carbons (Fsp3) is 0.143. The number of nitrogens with two attached hydrogens (primary N) is 1. The van der Waals surface area contributed by atoms with Crippen LogP contribution in [0.15, 0.2) is 36.7 Å². The lowest BCUT2D eigenvalue weighted by atomic mass is 10.1. The number of rotatable bonds is 1. The number of anilines is 1. The van der Waals surface area contributed by atoms with Gasteiger partial charge in [0.05, 0.1) is 11.2 Å². The molecule has 0 aliphatic carbocycles. The van der Waals surface area contributed by atoms with Gasteiger partial charge in [-0.05, 0) is 24.6 Å². The van der Waals surface area contributed by atoms with Crippen molar-refractivity contribution in [1.29, 1.82) is 0 Å². The van der Waals surface area contributed by atoms with Gasteiger partial charge in [0.15, 0.2) is 0 Å². The molecule has 0 bridgehead atoms. The van der Waals surface area contributed by atoms with Crippen molar-refractivity contribution in [3.8, 4) is 11.3 Å². The Balaban J connectivity index is 2.36. The highest BCUT2D eigenvalue weighted by Gasteiger charge is 2.12. The molecule has 2 heterocycles. The maximum Gasteiger partial charge on any atom is 0.102 e. The summed E-state index contributed by atoms with van der Waals surface area (Å²) in [4.78, 5) is 4.13. The van der Waals surface area contributed by atoms with Crippen LogP contribution in [0.3, 0.4) is 0 Å². The highest BCUT2D eigenvalue weighted by atomic mass is 15.3. The van der Waals surface area contributed by atoms with Gasteiger partial charge in [0.25, 0.3) is 0 Å². The highest BCUT2D eigenvalue weighted by molar-refractivity contribution is 5.95. The number of nitrogens with zero attached hydrogens (tertiary/aromatic N) is 3. The van der Waals surface area contributed by atoms with Crippen LogP contribution in [-0.2, 0) is 7.05 Å². The number of hydrogen-bond donors (Lipinski definition) is 1. The Morgan fingerprint density at radius 1 is 1.22 bits per heavy atom. The topological polar surface area (TPSA) is 56.7 Å². The van der Waals surface area contributed by atoms with E-state index in [0.717, 1.165) is 22.2 Å². The molecule has 4 heteroatoms. The van der Waals surface area contributed by atoms with Gasteiger partial charge in [-0.25, -0.2) is 0 Å². The van der Waals surface area contributed by atoms with Crippen molar-refractivity contribution in [3.05, 3.63) is 42.2 Å². The molecular formula is C14H14N4. The van der Waals surface area contributed by atoms with Crippen LogP contribution in [0.5, 0.6) is 0 Å². The van der Waals surface area contributed by atoms with Crippen LogP contribution in [0.4, 0.5) is 5.69 Å². The molecule has 18 heavy (non-hydrogen) atoms. The first-order chi connectivity index (χ1) is 8.66. The van der Waals surface area contributed by atoms with E-state index in [1.54, 1.807) is 12.4 Å². The van der Waals surface area contributed by atoms with E-state index in [0.29, 0.717) is 5.69 Å². The first kappa shape index (κ1) is 10.8. The highest BCUT2D eigenvalue weighted by Crippen LogP contribution is 2.30. The molecule has 1 aromatic carbocycles. The van der Waals surface area contributed by atoms with Crippen LogP contribution in [0.1, 0.15) is 5.56 Å². The molecule has 0 radical (unpaired) electrons. The molecule has 3 aromatic rings. The predicted octanol–water partition coefficient (Wildman–Crippen LogP) is 2.53. The van der Waals surface area contributed by atoms with E-state index < -0.39 is 0 Å². The summed E-state index contributed by atoms with van der Waals surface area (Å²) in [6.45, 7) is 2.09. The Labute approximate surface area is 105 Å². The Morgan fingerprint density at radius 3 is 2.83 bits per heavy atom. The third-order valence-corrected chi connectivity index (χ3v) is 3.12. The Hall–Kier alpha value is -2.36. The molecule has 4 nitrogen and oxygen atoms in total. The van der Waals surface area contributed by atoms with Gasteiger partial charge in [-0.3, -0.25) is 9.67 Å². The Kier molecular flexibility index (Phi) is 2.30. The monoisotopic (exact) mass is 238 g/mol. The third kappa shape index (κ3) is 1.54. The largest absolute Gasteiger partial charge is 0.397 e. The van der Waals surface area contributed by atoms with Crippen molar-refractivity contribution < 1.29 is 0 Å². The molecule has 0 aliphatic rings. The second-order valence-corrected chi connectivity index (χ2v) is 4.45. The van der Waals surface area contributed by atoms with Gasteiger partial charge in [0.2, 0.25) is 0 Å². The van der Waals surface area contributed by atoms with E-state index in [9.17, 15) is 0 Å². The first-order valence-corrected chi connectivity index (χ1v) is 5.80. The normalized spacial score (nSPS) is 11.0. The van der Waals surface area contributed by atoms with Crippen molar-refractivity contribution in [2.75, 3.05) is 5.73 Å². The van der Waals surface area contributed by atoms with E-state index in [1.807, 2.05) is 23.9 Å². The average molecular weight is 238 g/mol. The van der Waals surface area contributed by atoms with E-state index in [2.05, 4.69) is 29.1 Å². The molecule has 0 saturated heterocycles. The van der Waals surface area contributed by atoms with Gasteiger partial charge in [-0.1, -0.05) is 12.1 Å². The number of pyridine rings is 1. The van der Waals surface area contributed by atoms with Gasteiger partial charge >= 0.3 is 0 Å². The number of hydrogen-bond acceptors (Lipinski definition) is 3. The third-order valence-electron chi connectivity index (χ3n) is 3.12. The smallest absolute Gasteiger partial charge is 0.102 e. The summed E-state index contributed by atoms with van der Waals surface area (Å²) in [5, 5.41) is 5.74. The molecule has 90 valence electrons. The maximum absolute atomic E-state index is 5.79. The molecule has 0 saturated carbocycles. The van der Waals surface area contributed by atoms with Gasteiger partial charge in [-0.15, -0.1) is 0 Å². The minimum atomic E-state index is 0.653. The quantitative estimate of drug-likeness (QED) is 0.708. The SMILES string of the molecule is Cc1cccc2c1c(-c1cncc(N)c1)nn2C. The summed E-state index contributed by atoms with van der Waals surface area (Å²) >= 11 is 0. The fourth-order valence-corrected chi connectivity index (χ4v) is 2.27. The van der Waals surface area contributed by atoms with Gasteiger partial charge < -0.3 is 5.73 Å². The summed E-state index contributed by atoms with van der Waals surface area (Å²) in [5.74, 6) is 0. The lowest BCUT2D eigenvalue weighted by Crippen LogP contribution is -1.91. The summed E-state index contributed by atoms with van der Waals surface area (Å²) in [5.41, 5.74) is 10.7. The number of aromatic nitrogens is 3. The second-order valence-electron chi connectivity index (χ2n) is 4.45. The van der Waals surface area contributed by atoms with Crippen LogP contribution < -0.4 is 5.73 Å². The number of fused-ring (bicyclic) bond motifs is 1. The van der Waals surface area contributed by atoms with Crippen LogP contribution in [0, 0.1) is 6.92 Å². The number of nitrogen functional groups attached to an aromatic ring is 1. The minimum Gasteiger partial charge on any atom is -0.397 e. The molecule has 0 amide bonds. The fourth-order valence-electron chi connectivity index (χ4n) is 2.27. The number of benzene rings is 1. The molecule has 3 rings (SSSR count). The van der Waals surface area contributed by atoms with Crippen LogP contribution >= 0.6 is 0 Å². The van der Waals surface area contributed by atoms with Gasteiger partial charge in [0, 0.05) is 30.4 Å². The van der Waals surface area contributed by atoms with E-state index in [1.165, 1.54) is 5.56 Å². The summed E-state index contributed by atoms with van der Waals surface area (Å²) in [7, 11) is 1.95. The molecule has 0 aliphatic heterocycles. The summed E-state index contributed by atoms with van der Waals surface area (Å²) < 4.78 is 1.89. The molecule has 0 spiro atoms. The zero-order valence-corrected chi connectivity index (χ0v) is 10.4. The average Bonchev–Trinajstić information content (AvgIpc) is 2.69. The summed E-state index contributed by atoms with van der Waals surface area (Å²) in [6.07, 6.45) is 3.44. The lowest BCUT2D eigenvalue weighted by Gasteiger charge is -2.01. The van der Waals surface area contributed by atoms with Crippen molar-refractivity contribution in [2.24, 2.45) is 7.05 Å². The van der Waals surface area contributed by atoms with E-state index >= 15 is 0 Å². The van der Waals surface area contributed by atoms with E-state index in [4.69, 9.17) is 5.73 Å². The van der Waals surface area contributed by atoms with Crippen LogP contribution in [0.25, 0.3) is 22.2 Å². The van der Waals surface area contributed by atoms with Gasteiger partial charge in [0.1, 0.15) is 5.69 Å². The summed E-state index contributed by atoms with van der Waals surface area (Å²) in [6, 6.07) is 8.10. The predicted molar refractivity (Wildman–Crippen MR) is 73.1 cm³/mol. The first-order valence-electron chi connectivity index (χ1n) is 5.80. The molecular weight excluding hydrogens is 224 g/mol. The lowest BCUT2D eigenvalue weighted by molar-refractivity contribution is 0.800. The Bertz CT molecular complexity index is 728. The minimum absolute atomic E-state index is 0.653. The van der Waals surface area contributed by atoms with Crippen molar-refractivity contribution in [2.45, 2.75) is 6.92 Å². The van der Waals surface area contributed by atoms with Crippen molar-refractivity contribution >= 4 is 16.6 Å². The van der Waals surface area contributed by atoms with Crippen molar-refractivity contribution in [3.63, 3.8) is 0 Å². The molecule has 2 N–H and O–H groups in total. The zero-order valence-electron chi connectivity index (χ0n) is 10.4. The Morgan fingerprint density at radius 2 is 2.06 bits per heavy atom. The van der Waals surface area contributed by atoms with Gasteiger partial charge in [-0.2, -0.15) is 5.10 Å². The molecule has 2 aromatic heterocycles. The molecule has 0 atom stereocenters. The van der Waals surface area contributed by atoms with Crippen LogP contribution in [-0.4, -0.2) is 14.8 Å².